The molecule has 0 saturated heterocycles. The van der Waals surface area contributed by atoms with Crippen molar-refractivity contribution in [1.82, 2.24) is 0 Å². The highest BCUT2D eigenvalue weighted by Crippen LogP contribution is 2.35. The van der Waals surface area contributed by atoms with Gasteiger partial charge in [-0.25, -0.2) is 0 Å². The monoisotopic (exact) mass is 162 g/mol. The summed E-state index contributed by atoms with van der Waals surface area (Å²) >= 11 is 0. The summed E-state index contributed by atoms with van der Waals surface area (Å²) in [5.41, 5.74) is 2.91. The van der Waals surface area contributed by atoms with Crippen LogP contribution in [-0.4, -0.2) is 0 Å². The van der Waals surface area contributed by atoms with Gasteiger partial charge in [0.05, 0.1) is 0 Å². The van der Waals surface area contributed by atoms with E-state index in [-0.39, 0.29) is 0 Å². The van der Waals surface area contributed by atoms with Gasteiger partial charge in [0.2, 0.25) is 0 Å². The Morgan fingerprint density at radius 2 is 2.42 bits per heavy atom. The minimum absolute atomic E-state index is 0.671. The maximum absolute atomic E-state index is 4.03. The van der Waals surface area contributed by atoms with Crippen molar-refractivity contribution in [2.24, 2.45) is 5.92 Å². The van der Waals surface area contributed by atoms with Crippen molar-refractivity contribution in [1.29, 1.82) is 0 Å². The second kappa shape index (κ2) is 4.30. The Bertz CT molecular complexity index is 208. The van der Waals surface area contributed by atoms with Gasteiger partial charge in [0.1, 0.15) is 0 Å². The van der Waals surface area contributed by atoms with Gasteiger partial charge in [-0.2, -0.15) is 0 Å². The molecule has 0 aromatic rings. The lowest BCUT2D eigenvalue weighted by molar-refractivity contribution is 0.724. The maximum Gasteiger partial charge on any atom is 0.000168 e. The molecule has 0 aliphatic heterocycles. The number of hydrogen-bond acceptors (Lipinski definition) is 0. The second-order valence-electron chi connectivity index (χ2n) is 3.59. The molecule has 0 aromatic carbocycles. The van der Waals surface area contributed by atoms with Crippen LogP contribution in [0.15, 0.2) is 36.5 Å². The zero-order valence-corrected chi connectivity index (χ0v) is 7.97. The van der Waals surface area contributed by atoms with Crippen LogP contribution >= 0.6 is 0 Å². The van der Waals surface area contributed by atoms with E-state index in [1.807, 2.05) is 6.08 Å². The van der Waals surface area contributed by atoms with Gasteiger partial charge in [-0.15, -0.1) is 6.58 Å². The van der Waals surface area contributed by atoms with Crippen molar-refractivity contribution in [3.05, 3.63) is 36.5 Å². The summed E-state index contributed by atoms with van der Waals surface area (Å²) in [5.74, 6) is 0.671. The summed E-state index contributed by atoms with van der Waals surface area (Å²) in [6.07, 6.45) is 9.20. The smallest absolute Gasteiger partial charge is 0.000168 e. The Balaban J connectivity index is 2.63. The molecule has 1 rings (SSSR count). The largest absolute Gasteiger partial charge is 0.103 e. The van der Waals surface area contributed by atoms with Crippen LogP contribution in [0.2, 0.25) is 0 Å². The Labute approximate surface area is 75.7 Å². The molecule has 66 valence electrons. The fourth-order valence-electron chi connectivity index (χ4n) is 1.91. The van der Waals surface area contributed by atoms with E-state index in [1.54, 1.807) is 5.57 Å². The first-order chi connectivity index (χ1) is 5.75. The summed E-state index contributed by atoms with van der Waals surface area (Å²) < 4.78 is 0. The summed E-state index contributed by atoms with van der Waals surface area (Å²) in [6, 6.07) is 0. The van der Waals surface area contributed by atoms with Crippen molar-refractivity contribution < 1.29 is 0 Å². The Hall–Kier alpha value is -0.780. The van der Waals surface area contributed by atoms with E-state index >= 15 is 0 Å². The van der Waals surface area contributed by atoms with Crippen LogP contribution in [-0.2, 0) is 0 Å². The van der Waals surface area contributed by atoms with Crippen molar-refractivity contribution in [2.75, 3.05) is 0 Å². The normalized spacial score (nSPS) is 26.1. The van der Waals surface area contributed by atoms with Gasteiger partial charge in [-0.1, -0.05) is 29.9 Å². The number of rotatable bonds is 3. The molecule has 0 heterocycles. The third-order valence-corrected chi connectivity index (χ3v) is 2.55. The first-order valence-electron chi connectivity index (χ1n) is 4.71. The highest BCUT2D eigenvalue weighted by molar-refractivity contribution is 5.21. The predicted octanol–water partition coefficient (Wildman–Crippen LogP) is 3.87. The van der Waals surface area contributed by atoms with E-state index in [1.165, 1.54) is 24.8 Å². The molecule has 0 nitrogen and oxygen atoms in total. The zero-order valence-electron chi connectivity index (χ0n) is 7.97. The molecule has 1 atom stereocenters. The van der Waals surface area contributed by atoms with Gasteiger partial charge in [0.15, 0.2) is 0 Å². The minimum atomic E-state index is 0.671. The quantitative estimate of drug-likeness (QED) is 0.553. The van der Waals surface area contributed by atoms with Gasteiger partial charge >= 0.3 is 0 Å². The van der Waals surface area contributed by atoms with Gasteiger partial charge in [0.25, 0.3) is 0 Å². The highest BCUT2D eigenvalue weighted by atomic mass is 14.2. The molecule has 0 heteroatoms. The summed E-state index contributed by atoms with van der Waals surface area (Å²) in [6.45, 7) is 9.89. The molecular formula is C12H18. The van der Waals surface area contributed by atoms with Gasteiger partial charge < -0.3 is 0 Å². The Kier molecular flexibility index (Phi) is 3.33. The molecular weight excluding hydrogens is 144 g/mol. The third kappa shape index (κ3) is 2.10. The van der Waals surface area contributed by atoms with E-state index in [0.29, 0.717) is 5.92 Å². The first kappa shape index (κ1) is 9.31. The average molecular weight is 162 g/mol. The predicted molar refractivity (Wildman–Crippen MR) is 55.1 cm³/mol. The molecule has 12 heavy (non-hydrogen) atoms. The fourth-order valence-corrected chi connectivity index (χ4v) is 1.91. The highest BCUT2D eigenvalue weighted by Gasteiger charge is 2.20. The minimum Gasteiger partial charge on any atom is -0.103 e. The maximum atomic E-state index is 4.03. The SMILES string of the molecule is C=CCC=C1CCCC1C(=C)C. The molecule has 0 bridgehead atoms. The van der Waals surface area contributed by atoms with E-state index in [4.69, 9.17) is 0 Å². The number of hydrogen-bond donors (Lipinski definition) is 0. The van der Waals surface area contributed by atoms with E-state index in [2.05, 4.69) is 26.2 Å². The lowest BCUT2D eigenvalue weighted by atomic mass is 9.95. The first-order valence-corrected chi connectivity index (χ1v) is 4.71. The van der Waals surface area contributed by atoms with Gasteiger partial charge in [0, 0.05) is 5.92 Å². The van der Waals surface area contributed by atoms with Crippen LogP contribution in [0.3, 0.4) is 0 Å². The average Bonchev–Trinajstić information content (AvgIpc) is 2.48. The van der Waals surface area contributed by atoms with Crippen LogP contribution in [0.4, 0.5) is 0 Å². The van der Waals surface area contributed by atoms with Crippen LogP contribution < -0.4 is 0 Å². The van der Waals surface area contributed by atoms with Crippen molar-refractivity contribution in [2.45, 2.75) is 32.6 Å². The van der Waals surface area contributed by atoms with E-state index < -0.39 is 0 Å². The summed E-state index contributed by atoms with van der Waals surface area (Å²) in [5, 5.41) is 0. The lowest BCUT2D eigenvalue weighted by Gasteiger charge is -2.10. The molecule has 1 aliphatic carbocycles. The molecule has 1 fully saturated rings. The molecule has 0 N–H and O–H groups in total. The standard InChI is InChI=1S/C12H18/c1-4-5-7-11-8-6-9-12(11)10(2)3/h4,7,12H,1-2,5-6,8-9H2,3H3. The van der Waals surface area contributed by atoms with Gasteiger partial charge in [-0.05, 0) is 32.6 Å². The zero-order chi connectivity index (χ0) is 8.97. The van der Waals surface area contributed by atoms with E-state index in [0.717, 1.165) is 6.42 Å². The van der Waals surface area contributed by atoms with Gasteiger partial charge in [-0.3, -0.25) is 0 Å². The van der Waals surface area contributed by atoms with E-state index in [9.17, 15) is 0 Å². The summed E-state index contributed by atoms with van der Waals surface area (Å²) in [4.78, 5) is 0. The third-order valence-electron chi connectivity index (χ3n) is 2.55. The molecule has 0 aromatic heterocycles. The molecule has 1 unspecified atom stereocenters. The van der Waals surface area contributed by atoms with Crippen LogP contribution in [0.25, 0.3) is 0 Å². The second-order valence-corrected chi connectivity index (χ2v) is 3.59. The molecule has 0 spiro atoms. The topological polar surface area (TPSA) is 0 Å². The Morgan fingerprint density at radius 1 is 1.67 bits per heavy atom. The molecule has 0 amide bonds. The van der Waals surface area contributed by atoms with Crippen LogP contribution in [0.5, 0.6) is 0 Å². The van der Waals surface area contributed by atoms with Crippen molar-refractivity contribution in [3.8, 4) is 0 Å². The molecule has 0 radical (unpaired) electrons. The Morgan fingerprint density at radius 3 is 3.00 bits per heavy atom. The van der Waals surface area contributed by atoms with Crippen LogP contribution in [0, 0.1) is 5.92 Å². The van der Waals surface area contributed by atoms with Crippen molar-refractivity contribution in [3.63, 3.8) is 0 Å². The lowest BCUT2D eigenvalue weighted by Crippen LogP contribution is -1.96. The van der Waals surface area contributed by atoms with Crippen molar-refractivity contribution >= 4 is 0 Å². The number of allylic oxidation sites excluding steroid dienone is 4. The molecule has 1 aliphatic rings. The fraction of sp³-hybridized carbons (Fsp3) is 0.500. The summed E-state index contributed by atoms with van der Waals surface area (Å²) in [7, 11) is 0. The van der Waals surface area contributed by atoms with Crippen LogP contribution in [0.1, 0.15) is 32.6 Å². The molecule has 1 saturated carbocycles.